The molecule has 0 spiro atoms. The maximum atomic E-state index is 9.08. The molecular formula is C13H17ClN2. The summed E-state index contributed by atoms with van der Waals surface area (Å²) in [6, 6.07) is 7.70. The van der Waals surface area contributed by atoms with Gasteiger partial charge in [-0.05, 0) is 31.5 Å². The van der Waals surface area contributed by atoms with Crippen LogP contribution >= 0.6 is 11.6 Å². The Morgan fingerprint density at radius 3 is 2.69 bits per heavy atom. The van der Waals surface area contributed by atoms with Crippen LogP contribution in [0.3, 0.4) is 0 Å². The normalized spacial score (nSPS) is 9.88. The summed E-state index contributed by atoms with van der Waals surface area (Å²) in [6.45, 7) is 6.17. The smallest absolute Gasteiger partial charge is 0.101 e. The molecule has 16 heavy (non-hydrogen) atoms. The maximum absolute atomic E-state index is 9.08. The van der Waals surface area contributed by atoms with E-state index in [1.54, 1.807) is 6.07 Å². The fourth-order valence-corrected chi connectivity index (χ4v) is 1.84. The van der Waals surface area contributed by atoms with Gasteiger partial charge in [0.05, 0.1) is 11.3 Å². The highest BCUT2D eigenvalue weighted by Gasteiger charge is 2.09. The van der Waals surface area contributed by atoms with Gasteiger partial charge in [-0.2, -0.15) is 5.26 Å². The SMILES string of the molecule is CCCCN(CC)c1ccc(Cl)cc1C#N. The summed E-state index contributed by atoms with van der Waals surface area (Å²) in [5.41, 5.74) is 1.65. The summed E-state index contributed by atoms with van der Waals surface area (Å²) in [4.78, 5) is 2.22. The summed E-state index contributed by atoms with van der Waals surface area (Å²) in [6.07, 6.45) is 2.30. The largest absolute Gasteiger partial charge is 0.371 e. The molecule has 0 amide bonds. The summed E-state index contributed by atoms with van der Waals surface area (Å²) in [5, 5.41) is 9.69. The molecule has 0 radical (unpaired) electrons. The molecule has 0 fully saturated rings. The van der Waals surface area contributed by atoms with Crippen molar-refractivity contribution in [1.29, 1.82) is 5.26 Å². The van der Waals surface area contributed by atoms with E-state index < -0.39 is 0 Å². The van der Waals surface area contributed by atoms with E-state index >= 15 is 0 Å². The third-order valence-corrected chi connectivity index (χ3v) is 2.82. The van der Waals surface area contributed by atoms with Crippen molar-refractivity contribution in [2.75, 3.05) is 18.0 Å². The van der Waals surface area contributed by atoms with E-state index in [9.17, 15) is 0 Å². The van der Waals surface area contributed by atoms with Crippen LogP contribution < -0.4 is 4.90 Å². The van der Waals surface area contributed by atoms with Crippen LogP contribution in [-0.4, -0.2) is 13.1 Å². The lowest BCUT2D eigenvalue weighted by Gasteiger charge is -2.24. The molecule has 1 aromatic carbocycles. The minimum absolute atomic E-state index is 0.617. The molecule has 0 aliphatic carbocycles. The minimum Gasteiger partial charge on any atom is -0.371 e. The number of hydrogen-bond donors (Lipinski definition) is 0. The van der Waals surface area contributed by atoms with Crippen LogP contribution in [0.5, 0.6) is 0 Å². The molecule has 0 saturated heterocycles. The lowest BCUT2D eigenvalue weighted by atomic mass is 10.1. The molecule has 1 aromatic rings. The van der Waals surface area contributed by atoms with Crippen molar-refractivity contribution < 1.29 is 0 Å². The molecule has 0 atom stereocenters. The quantitative estimate of drug-likeness (QED) is 0.777. The van der Waals surface area contributed by atoms with E-state index in [1.807, 2.05) is 12.1 Å². The molecule has 0 aromatic heterocycles. The number of benzene rings is 1. The van der Waals surface area contributed by atoms with Gasteiger partial charge in [0.25, 0.3) is 0 Å². The van der Waals surface area contributed by atoms with Crippen molar-refractivity contribution in [3.05, 3.63) is 28.8 Å². The predicted octanol–water partition coefficient (Wildman–Crippen LogP) is 3.84. The van der Waals surface area contributed by atoms with E-state index in [0.717, 1.165) is 31.6 Å². The highest BCUT2D eigenvalue weighted by Crippen LogP contribution is 2.23. The van der Waals surface area contributed by atoms with Gasteiger partial charge in [-0.3, -0.25) is 0 Å². The molecule has 0 unspecified atom stereocenters. The number of hydrogen-bond acceptors (Lipinski definition) is 2. The molecule has 1 rings (SSSR count). The number of halogens is 1. The van der Waals surface area contributed by atoms with Gasteiger partial charge in [0, 0.05) is 18.1 Å². The zero-order chi connectivity index (χ0) is 12.0. The Morgan fingerprint density at radius 1 is 1.38 bits per heavy atom. The van der Waals surface area contributed by atoms with Gasteiger partial charge >= 0.3 is 0 Å². The lowest BCUT2D eigenvalue weighted by Crippen LogP contribution is -2.24. The van der Waals surface area contributed by atoms with Crippen LogP contribution in [0, 0.1) is 11.3 Å². The molecule has 86 valence electrons. The number of nitrogens with zero attached hydrogens (tertiary/aromatic N) is 2. The van der Waals surface area contributed by atoms with Crippen LogP contribution in [-0.2, 0) is 0 Å². The van der Waals surface area contributed by atoms with Crippen molar-refractivity contribution in [1.82, 2.24) is 0 Å². The fourth-order valence-electron chi connectivity index (χ4n) is 1.67. The molecule has 0 N–H and O–H groups in total. The predicted molar refractivity (Wildman–Crippen MR) is 69.0 cm³/mol. The molecule has 0 bridgehead atoms. The Kier molecular flexibility index (Phi) is 5.14. The van der Waals surface area contributed by atoms with Crippen molar-refractivity contribution in [3.8, 4) is 6.07 Å². The third-order valence-electron chi connectivity index (χ3n) is 2.58. The van der Waals surface area contributed by atoms with Gasteiger partial charge in [0.15, 0.2) is 0 Å². The molecule has 2 nitrogen and oxygen atoms in total. The first kappa shape index (κ1) is 12.9. The summed E-state index contributed by atoms with van der Waals surface area (Å²) >= 11 is 5.88. The summed E-state index contributed by atoms with van der Waals surface area (Å²) in [7, 11) is 0. The lowest BCUT2D eigenvalue weighted by molar-refractivity contribution is 0.731. The van der Waals surface area contributed by atoms with Crippen molar-refractivity contribution in [3.63, 3.8) is 0 Å². The average molecular weight is 237 g/mol. The molecule has 3 heteroatoms. The summed E-state index contributed by atoms with van der Waals surface area (Å²) < 4.78 is 0. The minimum atomic E-state index is 0.617. The van der Waals surface area contributed by atoms with Gasteiger partial charge in [-0.25, -0.2) is 0 Å². The second-order valence-corrected chi connectivity index (χ2v) is 4.14. The zero-order valence-corrected chi connectivity index (χ0v) is 10.6. The first-order valence-electron chi connectivity index (χ1n) is 5.67. The molecule has 0 aliphatic rings. The Morgan fingerprint density at radius 2 is 2.12 bits per heavy atom. The van der Waals surface area contributed by atoms with E-state index in [2.05, 4.69) is 24.8 Å². The van der Waals surface area contributed by atoms with Gasteiger partial charge in [0.2, 0.25) is 0 Å². The van der Waals surface area contributed by atoms with E-state index in [1.165, 1.54) is 0 Å². The van der Waals surface area contributed by atoms with Gasteiger partial charge < -0.3 is 4.90 Å². The number of nitriles is 1. The van der Waals surface area contributed by atoms with Crippen LogP contribution in [0.25, 0.3) is 0 Å². The van der Waals surface area contributed by atoms with Crippen LogP contribution in [0.1, 0.15) is 32.3 Å². The van der Waals surface area contributed by atoms with Crippen LogP contribution in [0.2, 0.25) is 5.02 Å². The Balaban J connectivity index is 2.96. The molecule has 0 heterocycles. The molecule has 0 aliphatic heterocycles. The van der Waals surface area contributed by atoms with Crippen molar-refractivity contribution >= 4 is 17.3 Å². The number of rotatable bonds is 5. The third kappa shape index (κ3) is 3.15. The van der Waals surface area contributed by atoms with Gasteiger partial charge in [-0.1, -0.05) is 24.9 Å². The fraction of sp³-hybridized carbons (Fsp3) is 0.462. The number of unbranched alkanes of at least 4 members (excludes halogenated alkanes) is 1. The average Bonchev–Trinajstić information content (AvgIpc) is 2.31. The van der Waals surface area contributed by atoms with E-state index in [-0.39, 0.29) is 0 Å². The molecule has 0 saturated carbocycles. The van der Waals surface area contributed by atoms with Gasteiger partial charge in [-0.15, -0.1) is 0 Å². The number of anilines is 1. The standard InChI is InChI=1S/C13H17ClN2/c1-3-5-8-16(4-2)13-7-6-12(14)9-11(13)10-15/h6-7,9H,3-5,8H2,1-2H3. The Labute approximate surface area is 102 Å². The second kappa shape index (κ2) is 6.40. The molecular weight excluding hydrogens is 220 g/mol. The zero-order valence-electron chi connectivity index (χ0n) is 9.83. The topological polar surface area (TPSA) is 27.0 Å². The van der Waals surface area contributed by atoms with Crippen LogP contribution in [0.4, 0.5) is 5.69 Å². The van der Waals surface area contributed by atoms with Crippen molar-refractivity contribution in [2.24, 2.45) is 0 Å². The first-order chi connectivity index (χ1) is 7.72. The summed E-state index contributed by atoms with van der Waals surface area (Å²) in [5.74, 6) is 0. The van der Waals surface area contributed by atoms with Crippen molar-refractivity contribution in [2.45, 2.75) is 26.7 Å². The first-order valence-corrected chi connectivity index (χ1v) is 6.05. The van der Waals surface area contributed by atoms with E-state index in [4.69, 9.17) is 16.9 Å². The Bertz CT molecular complexity index is 382. The second-order valence-electron chi connectivity index (χ2n) is 3.71. The van der Waals surface area contributed by atoms with Gasteiger partial charge in [0.1, 0.15) is 6.07 Å². The highest BCUT2D eigenvalue weighted by molar-refractivity contribution is 6.30. The highest BCUT2D eigenvalue weighted by atomic mass is 35.5. The monoisotopic (exact) mass is 236 g/mol. The maximum Gasteiger partial charge on any atom is 0.101 e. The van der Waals surface area contributed by atoms with E-state index in [0.29, 0.717) is 10.6 Å². The van der Waals surface area contributed by atoms with Crippen LogP contribution in [0.15, 0.2) is 18.2 Å². The Hall–Kier alpha value is -1.20.